The summed E-state index contributed by atoms with van der Waals surface area (Å²) in [5.74, 6) is 0.647. The molecule has 2 saturated heterocycles. The quantitative estimate of drug-likeness (QED) is 0.561. The van der Waals surface area contributed by atoms with E-state index in [4.69, 9.17) is 4.74 Å². The van der Waals surface area contributed by atoms with Crippen molar-refractivity contribution in [3.8, 4) is 11.4 Å². The van der Waals surface area contributed by atoms with Crippen LogP contribution < -0.4 is 19.9 Å². The predicted octanol–water partition coefficient (Wildman–Crippen LogP) is -1.27. The fraction of sp³-hybridized carbons (Fsp3) is 0.600. The second kappa shape index (κ2) is 9.32. The maximum Gasteiger partial charge on any atom is 0.279 e. The van der Waals surface area contributed by atoms with Crippen molar-refractivity contribution in [3.05, 3.63) is 24.5 Å². The molecule has 1 aromatic heterocycles. The molecule has 2 aliphatic rings. The number of ether oxygens (including phenoxy) is 1. The average molecular weight is 402 g/mol. The zero-order valence-corrected chi connectivity index (χ0v) is 17.1. The van der Waals surface area contributed by atoms with Gasteiger partial charge in [-0.1, -0.05) is 0 Å². The fourth-order valence-corrected chi connectivity index (χ4v) is 4.67. The van der Waals surface area contributed by atoms with Crippen molar-refractivity contribution in [2.75, 3.05) is 45.2 Å². The molecule has 0 aliphatic carbocycles. The van der Waals surface area contributed by atoms with Gasteiger partial charge in [-0.15, -0.1) is 5.10 Å². The third kappa shape index (κ3) is 4.91. The van der Waals surface area contributed by atoms with Gasteiger partial charge >= 0.3 is 0 Å². The first-order valence-electron chi connectivity index (χ1n) is 10.6. The van der Waals surface area contributed by atoms with E-state index in [9.17, 15) is 4.79 Å². The number of hydrogen-bond acceptors (Lipinski definition) is 5. The lowest BCUT2D eigenvalue weighted by molar-refractivity contribution is -0.958. The summed E-state index contributed by atoms with van der Waals surface area (Å²) >= 11 is 0. The molecule has 0 atom stereocenters. The summed E-state index contributed by atoms with van der Waals surface area (Å²) in [6.45, 7) is 5.36. The first-order valence-corrected chi connectivity index (χ1v) is 10.6. The molecule has 0 saturated carbocycles. The van der Waals surface area contributed by atoms with E-state index in [0.29, 0.717) is 12.3 Å². The molecule has 156 valence electrons. The molecule has 4 rings (SSSR count). The highest BCUT2D eigenvalue weighted by Crippen LogP contribution is 2.25. The van der Waals surface area contributed by atoms with Crippen LogP contribution in [0.1, 0.15) is 32.1 Å². The minimum Gasteiger partial charge on any atom is -0.494 e. The Morgan fingerprint density at radius 1 is 1.21 bits per heavy atom. The number of benzene rings is 1. The molecule has 3 N–H and O–H groups in total. The fourth-order valence-electron chi connectivity index (χ4n) is 4.67. The largest absolute Gasteiger partial charge is 0.494 e. The zero-order valence-electron chi connectivity index (χ0n) is 17.1. The van der Waals surface area contributed by atoms with E-state index in [1.165, 1.54) is 61.1 Å². The number of amides is 1. The van der Waals surface area contributed by atoms with Gasteiger partial charge in [0.05, 0.1) is 39.3 Å². The highest BCUT2D eigenvalue weighted by Gasteiger charge is 2.31. The lowest BCUT2D eigenvalue weighted by Gasteiger charge is -2.35. The van der Waals surface area contributed by atoms with Gasteiger partial charge in [-0.25, -0.2) is 0 Å². The number of likely N-dealkylation sites (tertiary alicyclic amines) is 2. The Hall–Kier alpha value is -2.52. The summed E-state index contributed by atoms with van der Waals surface area (Å²) < 4.78 is 6.97. The van der Waals surface area contributed by atoms with Gasteiger partial charge in [-0.05, 0) is 41.8 Å². The minimum atomic E-state index is 0.0426. The molecule has 9 nitrogen and oxygen atoms in total. The summed E-state index contributed by atoms with van der Waals surface area (Å²) in [5, 5.41) is 14.2. The molecule has 29 heavy (non-hydrogen) atoms. The van der Waals surface area contributed by atoms with Crippen LogP contribution in [-0.2, 0) is 4.79 Å². The normalized spacial score (nSPS) is 22.9. The Kier molecular flexibility index (Phi) is 6.36. The number of anilines is 1. The van der Waals surface area contributed by atoms with Gasteiger partial charge in [-0.3, -0.25) is 4.79 Å². The molecule has 1 amide bonds. The summed E-state index contributed by atoms with van der Waals surface area (Å²) in [7, 11) is 1.59. The molecule has 0 spiro atoms. The van der Waals surface area contributed by atoms with Gasteiger partial charge in [0, 0.05) is 24.6 Å². The van der Waals surface area contributed by atoms with Gasteiger partial charge < -0.3 is 19.9 Å². The van der Waals surface area contributed by atoms with Crippen LogP contribution in [0.3, 0.4) is 0 Å². The minimum absolute atomic E-state index is 0.0426. The number of carbonyl (C=O) groups is 1. The number of aromatic nitrogens is 4. The first kappa shape index (κ1) is 19.8. The van der Waals surface area contributed by atoms with Crippen LogP contribution >= 0.6 is 0 Å². The lowest BCUT2D eigenvalue weighted by Crippen LogP contribution is -3.21. The summed E-state index contributed by atoms with van der Waals surface area (Å²) in [5.41, 5.74) is 1.44. The molecule has 1 aromatic carbocycles. The number of nitrogens with zero attached hydrogens (tertiary/aromatic N) is 4. The summed E-state index contributed by atoms with van der Waals surface area (Å²) in [6.07, 6.45) is 8.11. The van der Waals surface area contributed by atoms with E-state index < -0.39 is 0 Å². The van der Waals surface area contributed by atoms with Crippen molar-refractivity contribution < 1.29 is 19.3 Å². The highest BCUT2D eigenvalue weighted by molar-refractivity contribution is 5.91. The lowest BCUT2D eigenvalue weighted by atomic mass is 10.00. The second-order valence-electron chi connectivity index (χ2n) is 8.11. The van der Waals surface area contributed by atoms with Crippen molar-refractivity contribution in [3.63, 3.8) is 0 Å². The van der Waals surface area contributed by atoms with Crippen LogP contribution in [0.25, 0.3) is 5.69 Å². The SMILES string of the molecule is COc1cc(NC(=O)C[NH+]2CCC([NH+]3CCCCC3)CC2)ccc1-n1cnnn1. The van der Waals surface area contributed by atoms with Crippen LogP contribution in [0, 0.1) is 0 Å². The van der Waals surface area contributed by atoms with Crippen LogP contribution in [0.4, 0.5) is 5.69 Å². The number of nitrogens with one attached hydrogen (secondary N) is 3. The molecular weight excluding hydrogens is 370 g/mol. The maximum absolute atomic E-state index is 12.6. The predicted molar refractivity (Wildman–Crippen MR) is 107 cm³/mol. The van der Waals surface area contributed by atoms with E-state index in [1.807, 2.05) is 12.1 Å². The van der Waals surface area contributed by atoms with E-state index in [-0.39, 0.29) is 5.91 Å². The second-order valence-corrected chi connectivity index (χ2v) is 8.11. The number of carbonyl (C=O) groups excluding carboxylic acids is 1. The van der Waals surface area contributed by atoms with Gasteiger partial charge in [-0.2, -0.15) is 4.68 Å². The standard InChI is InChI=1S/C20H29N7O2/c1-29-19-13-16(5-6-18(19)27-15-21-23-24-27)22-20(28)14-25-11-7-17(8-12-25)26-9-3-2-4-10-26/h5-6,13,15,17H,2-4,7-12,14H2,1H3,(H,22,28)/p+2. The number of hydrogen-bond donors (Lipinski definition) is 3. The van der Waals surface area contributed by atoms with E-state index >= 15 is 0 Å². The van der Waals surface area contributed by atoms with Crippen molar-refractivity contribution in [2.24, 2.45) is 0 Å². The Morgan fingerprint density at radius 3 is 2.69 bits per heavy atom. The van der Waals surface area contributed by atoms with Crippen molar-refractivity contribution in [1.29, 1.82) is 0 Å². The van der Waals surface area contributed by atoms with Crippen molar-refractivity contribution >= 4 is 11.6 Å². The highest BCUT2D eigenvalue weighted by atomic mass is 16.5. The Bertz CT molecular complexity index is 797. The first-order chi connectivity index (χ1) is 14.2. The number of quaternary nitrogens is 2. The van der Waals surface area contributed by atoms with E-state index in [0.717, 1.165) is 30.5 Å². The van der Waals surface area contributed by atoms with Crippen LogP contribution in [0.5, 0.6) is 5.75 Å². The summed E-state index contributed by atoms with van der Waals surface area (Å²) in [6, 6.07) is 6.28. The molecule has 0 unspecified atom stereocenters. The average Bonchev–Trinajstić information content (AvgIpc) is 3.29. The van der Waals surface area contributed by atoms with E-state index in [1.54, 1.807) is 18.1 Å². The van der Waals surface area contributed by atoms with Gasteiger partial charge in [0.25, 0.3) is 5.91 Å². The van der Waals surface area contributed by atoms with Crippen molar-refractivity contribution in [2.45, 2.75) is 38.1 Å². The Morgan fingerprint density at radius 2 is 2.00 bits per heavy atom. The molecule has 3 heterocycles. The van der Waals surface area contributed by atoms with Crippen LogP contribution in [-0.4, -0.2) is 72.0 Å². The van der Waals surface area contributed by atoms with Gasteiger partial charge in [0.15, 0.2) is 6.54 Å². The van der Waals surface area contributed by atoms with Crippen LogP contribution in [0.15, 0.2) is 24.5 Å². The van der Waals surface area contributed by atoms with E-state index in [2.05, 4.69) is 20.8 Å². The number of rotatable bonds is 6. The molecule has 2 fully saturated rings. The smallest absolute Gasteiger partial charge is 0.279 e. The Labute approximate surface area is 171 Å². The zero-order chi connectivity index (χ0) is 20.1. The van der Waals surface area contributed by atoms with Crippen LogP contribution in [0.2, 0.25) is 0 Å². The molecule has 2 aromatic rings. The Balaban J connectivity index is 1.29. The molecule has 9 heteroatoms. The number of tetrazole rings is 1. The third-order valence-electron chi connectivity index (χ3n) is 6.24. The number of methoxy groups -OCH3 is 1. The third-order valence-corrected chi connectivity index (χ3v) is 6.24. The van der Waals surface area contributed by atoms with Crippen molar-refractivity contribution in [1.82, 2.24) is 20.2 Å². The van der Waals surface area contributed by atoms with Gasteiger partial charge in [0.2, 0.25) is 0 Å². The number of piperidine rings is 2. The molecule has 0 radical (unpaired) electrons. The molecule has 0 bridgehead atoms. The maximum atomic E-state index is 12.6. The summed E-state index contributed by atoms with van der Waals surface area (Å²) in [4.78, 5) is 15.7. The molecular formula is C20H31N7O2+2. The topological polar surface area (TPSA) is 90.8 Å². The molecule has 2 aliphatic heterocycles. The van der Waals surface area contributed by atoms with Gasteiger partial charge in [0.1, 0.15) is 17.8 Å². The monoisotopic (exact) mass is 401 g/mol.